The second-order valence-corrected chi connectivity index (χ2v) is 3.61. The Kier molecular flexibility index (Phi) is 1.82. The van der Waals surface area contributed by atoms with Crippen LogP contribution in [0.25, 0.3) is 0 Å². The first kappa shape index (κ1) is 7.73. The molecule has 0 bridgehead atoms. The summed E-state index contributed by atoms with van der Waals surface area (Å²) in [4.78, 5) is 11.0. The van der Waals surface area contributed by atoms with Crippen molar-refractivity contribution in [2.24, 2.45) is 0 Å². The first-order chi connectivity index (χ1) is 4.49. The highest BCUT2D eigenvalue weighted by Gasteiger charge is 2.30. The third-order valence-corrected chi connectivity index (χ3v) is 1.66. The van der Waals surface area contributed by atoms with Crippen LogP contribution < -0.4 is 0 Å². The molecule has 0 saturated carbocycles. The van der Waals surface area contributed by atoms with Gasteiger partial charge in [-0.2, -0.15) is 0 Å². The van der Waals surface area contributed by atoms with Gasteiger partial charge in [0, 0.05) is 12.8 Å². The van der Waals surface area contributed by atoms with Gasteiger partial charge in [-0.25, -0.2) is 0 Å². The van der Waals surface area contributed by atoms with Crippen LogP contribution in [0, 0.1) is 0 Å². The molecular formula is C8H14O2. The van der Waals surface area contributed by atoms with Gasteiger partial charge < -0.3 is 4.74 Å². The van der Waals surface area contributed by atoms with Gasteiger partial charge in [-0.15, -0.1) is 0 Å². The molecule has 10 heavy (non-hydrogen) atoms. The molecule has 2 heteroatoms. The van der Waals surface area contributed by atoms with Gasteiger partial charge in [0.05, 0.1) is 11.7 Å². The highest BCUT2D eigenvalue weighted by atomic mass is 16.5. The fourth-order valence-corrected chi connectivity index (χ4v) is 1.50. The van der Waals surface area contributed by atoms with Crippen LogP contribution in [0.5, 0.6) is 0 Å². The van der Waals surface area contributed by atoms with E-state index < -0.39 is 0 Å². The lowest BCUT2D eigenvalue weighted by Crippen LogP contribution is -2.38. The minimum Gasteiger partial charge on any atom is -0.372 e. The minimum atomic E-state index is -0.227. The molecule has 58 valence electrons. The maximum absolute atomic E-state index is 11.0. The molecule has 1 unspecified atom stereocenters. The zero-order chi connectivity index (χ0) is 7.78. The molecule has 1 aliphatic heterocycles. The van der Waals surface area contributed by atoms with Crippen LogP contribution in [0.1, 0.15) is 33.6 Å². The van der Waals surface area contributed by atoms with Crippen molar-refractivity contribution in [1.82, 2.24) is 0 Å². The summed E-state index contributed by atoms with van der Waals surface area (Å²) in [5, 5.41) is 0. The highest BCUT2D eigenvalue weighted by molar-refractivity contribution is 5.80. The van der Waals surface area contributed by atoms with Crippen molar-refractivity contribution in [3.05, 3.63) is 0 Å². The van der Waals surface area contributed by atoms with E-state index in [2.05, 4.69) is 0 Å². The summed E-state index contributed by atoms with van der Waals surface area (Å²) in [5.41, 5.74) is -0.227. The molecule has 1 rings (SSSR count). The predicted molar refractivity (Wildman–Crippen MR) is 38.9 cm³/mol. The molecule has 0 spiro atoms. The Morgan fingerprint density at radius 3 is 2.60 bits per heavy atom. The van der Waals surface area contributed by atoms with Crippen molar-refractivity contribution in [2.45, 2.75) is 45.3 Å². The summed E-state index contributed by atoms with van der Waals surface area (Å²) in [6.07, 6.45) is 1.26. The average Bonchev–Trinajstić information content (AvgIpc) is 1.54. The molecule has 1 atom stereocenters. The fourth-order valence-electron chi connectivity index (χ4n) is 1.50. The van der Waals surface area contributed by atoms with Gasteiger partial charge in [0.15, 0.2) is 0 Å². The van der Waals surface area contributed by atoms with Crippen LogP contribution in [0.3, 0.4) is 0 Å². The maximum atomic E-state index is 11.0. The normalized spacial score (nSPS) is 32.3. The van der Waals surface area contributed by atoms with E-state index in [4.69, 9.17) is 4.74 Å². The lowest BCUT2D eigenvalue weighted by molar-refractivity contribution is -0.145. The summed E-state index contributed by atoms with van der Waals surface area (Å²) in [6, 6.07) is 0. The topological polar surface area (TPSA) is 26.3 Å². The largest absolute Gasteiger partial charge is 0.372 e. The van der Waals surface area contributed by atoms with E-state index >= 15 is 0 Å². The van der Waals surface area contributed by atoms with E-state index in [1.165, 1.54) is 0 Å². The van der Waals surface area contributed by atoms with E-state index in [1.54, 1.807) is 0 Å². The maximum Gasteiger partial charge on any atom is 0.138 e. The summed E-state index contributed by atoms with van der Waals surface area (Å²) in [7, 11) is 0. The quantitative estimate of drug-likeness (QED) is 0.512. The molecule has 0 aromatic rings. The highest BCUT2D eigenvalue weighted by Crippen LogP contribution is 2.24. The van der Waals surface area contributed by atoms with Gasteiger partial charge >= 0.3 is 0 Å². The average molecular weight is 142 g/mol. The molecule has 1 saturated heterocycles. The smallest absolute Gasteiger partial charge is 0.138 e. The Morgan fingerprint density at radius 2 is 2.20 bits per heavy atom. The van der Waals surface area contributed by atoms with Crippen LogP contribution in [0.4, 0.5) is 0 Å². The van der Waals surface area contributed by atoms with Crippen LogP contribution in [0.15, 0.2) is 0 Å². The Morgan fingerprint density at radius 1 is 1.60 bits per heavy atom. The predicted octanol–water partition coefficient (Wildman–Crippen LogP) is 1.53. The van der Waals surface area contributed by atoms with E-state index in [-0.39, 0.29) is 11.7 Å². The van der Waals surface area contributed by atoms with Crippen molar-refractivity contribution in [3.63, 3.8) is 0 Å². The molecule has 0 aliphatic carbocycles. The van der Waals surface area contributed by atoms with Crippen LogP contribution in [-0.2, 0) is 9.53 Å². The third-order valence-electron chi connectivity index (χ3n) is 1.66. The molecule has 0 N–H and O–H groups in total. The Hall–Kier alpha value is -0.370. The molecule has 1 fully saturated rings. The van der Waals surface area contributed by atoms with Gasteiger partial charge in [-0.1, -0.05) is 0 Å². The van der Waals surface area contributed by atoms with Crippen molar-refractivity contribution >= 4 is 5.78 Å². The summed E-state index contributed by atoms with van der Waals surface area (Å²) in [5.74, 6) is 0.323. The molecule has 2 nitrogen and oxygen atoms in total. The molecule has 0 aromatic carbocycles. The monoisotopic (exact) mass is 142 g/mol. The number of hydrogen-bond acceptors (Lipinski definition) is 2. The van der Waals surface area contributed by atoms with Crippen LogP contribution >= 0.6 is 0 Å². The number of rotatable bonds is 0. The van der Waals surface area contributed by atoms with Gasteiger partial charge in [0.25, 0.3) is 0 Å². The van der Waals surface area contributed by atoms with Crippen molar-refractivity contribution in [1.29, 1.82) is 0 Å². The Balaban J connectivity index is 2.59. The fraction of sp³-hybridized carbons (Fsp3) is 0.875. The van der Waals surface area contributed by atoms with E-state index in [1.807, 2.05) is 20.8 Å². The van der Waals surface area contributed by atoms with E-state index in [9.17, 15) is 4.79 Å². The SMILES string of the molecule is CC1CC(=O)CC(C)(C)O1. The lowest BCUT2D eigenvalue weighted by atomic mass is 9.94. The minimum absolute atomic E-state index is 0.108. The zero-order valence-corrected chi connectivity index (χ0v) is 6.81. The molecule has 0 radical (unpaired) electrons. The summed E-state index contributed by atoms with van der Waals surface area (Å²) in [6.45, 7) is 5.86. The lowest BCUT2D eigenvalue weighted by Gasteiger charge is -2.33. The standard InChI is InChI=1S/C8H14O2/c1-6-4-7(9)5-8(2,3)10-6/h6H,4-5H2,1-3H3. The van der Waals surface area contributed by atoms with Gasteiger partial charge in [-0.3, -0.25) is 4.79 Å². The molecule has 0 aromatic heterocycles. The van der Waals surface area contributed by atoms with E-state index in [0.717, 1.165) is 0 Å². The van der Waals surface area contributed by atoms with Crippen LogP contribution in [0.2, 0.25) is 0 Å². The number of Topliss-reactive ketones (excluding diaryl/α,β-unsaturated/α-hetero) is 1. The third kappa shape index (κ3) is 1.81. The second kappa shape index (κ2) is 2.35. The number of ketones is 1. The van der Waals surface area contributed by atoms with Crippen LogP contribution in [-0.4, -0.2) is 17.5 Å². The first-order valence-electron chi connectivity index (χ1n) is 3.69. The number of carbonyl (C=O) groups is 1. The number of ether oxygens (including phenoxy) is 1. The zero-order valence-electron chi connectivity index (χ0n) is 6.81. The van der Waals surface area contributed by atoms with Crippen molar-refractivity contribution < 1.29 is 9.53 Å². The van der Waals surface area contributed by atoms with Crippen molar-refractivity contribution in [3.8, 4) is 0 Å². The number of hydrogen-bond donors (Lipinski definition) is 0. The first-order valence-corrected chi connectivity index (χ1v) is 3.69. The number of carbonyl (C=O) groups excluding carboxylic acids is 1. The van der Waals surface area contributed by atoms with Gasteiger partial charge in [0.1, 0.15) is 5.78 Å². The summed E-state index contributed by atoms with van der Waals surface area (Å²) >= 11 is 0. The molecular weight excluding hydrogens is 128 g/mol. The second-order valence-electron chi connectivity index (χ2n) is 3.61. The van der Waals surface area contributed by atoms with E-state index in [0.29, 0.717) is 18.6 Å². The van der Waals surface area contributed by atoms with Gasteiger partial charge in [-0.05, 0) is 20.8 Å². The molecule has 1 heterocycles. The molecule has 0 amide bonds. The van der Waals surface area contributed by atoms with Gasteiger partial charge in [0.2, 0.25) is 0 Å². The summed E-state index contributed by atoms with van der Waals surface area (Å²) < 4.78 is 5.52. The van der Waals surface area contributed by atoms with Crippen molar-refractivity contribution in [2.75, 3.05) is 0 Å². The Bertz CT molecular complexity index is 149. The molecule has 1 aliphatic rings. The Labute approximate surface area is 61.6 Å².